The average molecular weight is 352 g/mol. The number of carbonyl (C=O) groups excluding carboxylic acids is 2. The van der Waals surface area contributed by atoms with Gasteiger partial charge in [-0.1, -0.05) is 31.2 Å². The third-order valence-electron chi connectivity index (χ3n) is 4.56. The van der Waals surface area contributed by atoms with Gasteiger partial charge in [-0.3, -0.25) is 9.59 Å². The van der Waals surface area contributed by atoms with Crippen LogP contribution in [-0.2, 0) is 22.4 Å². The molecule has 0 aromatic heterocycles. The number of nitrogens with zero attached hydrogens (tertiary/aromatic N) is 1. The predicted octanol–water partition coefficient (Wildman–Crippen LogP) is 3.57. The van der Waals surface area contributed by atoms with Gasteiger partial charge in [0.15, 0.2) is 0 Å². The Labute approximate surface area is 154 Å². The molecule has 0 radical (unpaired) electrons. The van der Waals surface area contributed by atoms with Crippen molar-refractivity contribution in [1.82, 2.24) is 0 Å². The first kappa shape index (κ1) is 18.0. The van der Waals surface area contributed by atoms with Crippen molar-refractivity contribution in [2.45, 2.75) is 33.1 Å². The van der Waals surface area contributed by atoms with Crippen LogP contribution < -0.4 is 15.0 Å². The standard InChI is InChI=1S/C21H24N2O3/c1-3-16-4-6-17(7-5-16)8-11-21(25)22-18-9-10-19-20(14-18)26-13-12-23(19)15(2)24/h4-7,9-10,14H,3,8,11-13H2,1-2H3,(H,22,25). The van der Waals surface area contributed by atoms with Crippen molar-refractivity contribution in [3.8, 4) is 5.75 Å². The van der Waals surface area contributed by atoms with Crippen LogP contribution in [0.3, 0.4) is 0 Å². The van der Waals surface area contributed by atoms with E-state index in [0.717, 1.165) is 17.7 Å². The summed E-state index contributed by atoms with van der Waals surface area (Å²) in [6.45, 7) is 4.67. The first-order valence-corrected chi connectivity index (χ1v) is 8.99. The van der Waals surface area contributed by atoms with Gasteiger partial charge in [-0.05, 0) is 36.1 Å². The summed E-state index contributed by atoms with van der Waals surface area (Å²) in [6.07, 6.45) is 2.14. The Balaban J connectivity index is 1.60. The number of amides is 2. The quantitative estimate of drug-likeness (QED) is 0.895. The highest BCUT2D eigenvalue weighted by atomic mass is 16.5. The van der Waals surface area contributed by atoms with E-state index in [1.54, 1.807) is 17.0 Å². The maximum atomic E-state index is 12.2. The van der Waals surface area contributed by atoms with Gasteiger partial charge in [0.25, 0.3) is 0 Å². The lowest BCUT2D eigenvalue weighted by molar-refractivity contribution is -0.117. The molecule has 0 spiro atoms. The molecule has 0 saturated heterocycles. The normalized spacial score (nSPS) is 12.9. The average Bonchev–Trinajstić information content (AvgIpc) is 2.66. The molecule has 2 amide bonds. The number of rotatable bonds is 5. The number of hydrogen-bond donors (Lipinski definition) is 1. The number of nitrogens with one attached hydrogen (secondary N) is 1. The van der Waals surface area contributed by atoms with Crippen LogP contribution in [0.25, 0.3) is 0 Å². The molecule has 1 aliphatic heterocycles. The van der Waals surface area contributed by atoms with Gasteiger partial charge in [0, 0.05) is 25.1 Å². The molecule has 2 aromatic carbocycles. The van der Waals surface area contributed by atoms with E-state index in [0.29, 0.717) is 37.4 Å². The van der Waals surface area contributed by atoms with Gasteiger partial charge < -0.3 is 15.0 Å². The Kier molecular flexibility index (Phi) is 5.56. The third kappa shape index (κ3) is 4.23. The summed E-state index contributed by atoms with van der Waals surface area (Å²) in [5.74, 6) is 0.573. The van der Waals surface area contributed by atoms with Crippen LogP contribution in [0.4, 0.5) is 11.4 Å². The zero-order valence-corrected chi connectivity index (χ0v) is 15.2. The molecule has 26 heavy (non-hydrogen) atoms. The highest BCUT2D eigenvalue weighted by Gasteiger charge is 2.21. The molecule has 1 heterocycles. The van der Waals surface area contributed by atoms with Gasteiger partial charge in [-0.2, -0.15) is 0 Å². The Hall–Kier alpha value is -2.82. The van der Waals surface area contributed by atoms with Crippen LogP contribution in [0.2, 0.25) is 0 Å². The fraction of sp³-hybridized carbons (Fsp3) is 0.333. The van der Waals surface area contributed by atoms with E-state index in [-0.39, 0.29) is 11.8 Å². The van der Waals surface area contributed by atoms with E-state index in [1.165, 1.54) is 12.5 Å². The number of aryl methyl sites for hydroxylation is 2. The van der Waals surface area contributed by atoms with Crippen molar-refractivity contribution >= 4 is 23.2 Å². The Morgan fingerprint density at radius 2 is 1.85 bits per heavy atom. The summed E-state index contributed by atoms with van der Waals surface area (Å²) in [4.78, 5) is 25.6. The molecular formula is C21H24N2O3. The zero-order valence-electron chi connectivity index (χ0n) is 15.2. The lowest BCUT2D eigenvalue weighted by Gasteiger charge is -2.29. The fourth-order valence-corrected chi connectivity index (χ4v) is 3.05. The number of benzene rings is 2. The number of anilines is 2. The Bertz CT molecular complexity index is 799. The second-order valence-corrected chi connectivity index (χ2v) is 6.42. The summed E-state index contributed by atoms with van der Waals surface area (Å²) in [5.41, 5.74) is 3.88. The van der Waals surface area contributed by atoms with Crippen molar-refractivity contribution in [1.29, 1.82) is 0 Å². The zero-order chi connectivity index (χ0) is 18.5. The lowest BCUT2D eigenvalue weighted by Crippen LogP contribution is -2.36. The minimum atomic E-state index is -0.0382. The first-order chi connectivity index (χ1) is 12.6. The summed E-state index contributed by atoms with van der Waals surface area (Å²) in [5, 5.41) is 2.91. The molecular weight excluding hydrogens is 328 g/mol. The van der Waals surface area contributed by atoms with Gasteiger partial charge in [0.05, 0.1) is 12.2 Å². The van der Waals surface area contributed by atoms with Crippen molar-refractivity contribution < 1.29 is 14.3 Å². The van der Waals surface area contributed by atoms with Crippen LogP contribution >= 0.6 is 0 Å². The van der Waals surface area contributed by atoms with Crippen LogP contribution in [0.5, 0.6) is 5.75 Å². The molecule has 2 aromatic rings. The fourth-order valence-electron chi connectivity index (χ4n) is 3.05. The van der Waals surface area contributed by atoms with Crippen LogP contribution in [0.15, 0.2) is 42.5 Å². The lowest BCUT2D eigenvalue weighted by atomic mass is 10.1. The van der Waals surface area contributed by atoms with Gasteiger partial charge in [-0.25, -0.2) is 0 Å². The summed E-state index contributed by atoms with van der Waals surface area (Å²) >= 11 is 0. The summed E-state index contributed by atoms with van der Waals surface area (Å²) in [7, 11) is 0. The molecule has 5 nitrogen and oxygen atoms in total. The highest BCUT2D eigenvalue weighted by molar-refractivity contribution is 5.95. The largest absolute Gasteiger partial charge is 0.489 e. The number of hydrogen-bond acceptors (Lipinski definition) is 3. The van der Waals surface area contributed by atoms with Crippen molar-refractivity contribution in [2.24, 2.45) is 0 Å². The minimum absolute atomic E-state index is 0.0135. The molecule has 136 valence electrons. The Morgan fingerprint density at radius 1 is 1.12 bits per heavy atom. The van der Waals surface area contributed by atoms with Gasteiger partial charge in [-0.15, -0.1) is 0 Å². The predicted molar refractivity (Wildman–Crippen MR) is 103 cm³/mol. The monoisotopic (exact) mass is 352 g/mol. The van der Waals surface area contributed by atoms with Crippen LogP contribution in [-0.4, -0.2) is 25.0 Å². The number of carbonyl (C=O) groups is 2. The van der Waals surface area contributed by atoms with E-state index in [9.17, 15) is 9.59 Å². The maximum Gasteiger partial charge on any atom is 0.224 e. The van der Waals surface area contributed by atoms with E-state index in [1.807, 2.05) is 6.07 Å². The summed E-state index contributed by atoms with van der Waals surface area (Å²) < 4.78 is 5.63. The van der Waals surface area contributed by atoms with Crippen molar-refractivity contribution in [3.63, 3.8) is 0 Å². The molecule has 0 saturated carbocycles. The SMILES string of the molecule is CCc1ccc(CCC(=O)Nc2ccc3c(c2)OCCN3C(C)=O)cc1. The molecule has 0 aliphatic carbocycles. The van der Waals surface area contributed by atoms with Crippen LogP contribution in [0.1, 0.15) is 31.4 Å². The van der Waals surface area contributed by atoms with Gasteiger partial charge in [0.2, 0.25) is 11.8 Å². The smallest absolute Gasteiger partial charge is 0.224 e. The molecule has 1 aliphatic rings. The maximum absolute atomic E-state index is 12.2. The number of fused-ring (bicyclic) bond motifs is 1. The van der Waals surface area contributed by atoms with Gasteiger partial charge in [0.1, 0.15) is 12.4 Å². The van der Waals surface area contributed by atoms with E-state index >= 15 is 0 Å². The molecule has 0 fully saturated rings. The van der Waals surface area contributed by atoms with E-state index < -0.39 is 0 Å². The molecule has 0 unspecified atom stereocenters. The van der Waals surface area contributed by atoms with Gasteiger partial charge >= 0.3 is 0 Å². The minimum Gasteiger partial charge on any atom is -0.489 e. The Morgan fingerprint density at radius 3 is 2.54 bits per heavy atom. The molecule has 3 rings (SSSR count). The van der Waals surface area contributed by atoms with E-state index in [4.69, 9.17) is 4.74 Å². The molecule has 0 bridgehead atoms. The van der Waals surface area contributed by atoms with E-state index in [2.05, 4.69) is 36.5 Å². The second-order valence-electron chi connectivity index (χ2n) is 6.42. The number of ether oxygens (including phenoxy) is 1. The molecule has 1 N–H and O–H groups in total. The van der Waals surface area contributed by atoms with Crippen molar-refractivity contribution in [2.75, 3.05) is 23.4 Å². The highest BCUT2D eigenvalue weighted by Crippen LogP contribution is 2.34. The van der Waals surface area contributed by atoms with Crippen molar-refractivity contribution in [3.05, 3.63) is 53.6 Å². The second kappa shape index (κ2) is 8.04. The summed E-state index contributed by atoms with van der Waals surface area (Å²) in [6, 6.07) is 13.8. The molecule has 5 heteroatoms. The topological polar surface area (TPSA) is 58.6 Å². The van der Waals surface area contributed by atoms with Crippen LogP contribution in [0, 0.1) is 0 Å². The third-order valence-corrected chi connectivity index (χ3v) is 4.56. The first-order valence-electron chi connectivity index (χ1n) is 8.99. The molecule has 0 atom stereocenters.